The Bertz CT molecular complexity index is 620. The average molecular weight is 309 g/mol. The lowest BCUT2D eigenvalue weighted by molar-refractivity contribution is -0.159. The van der Waals surface area contributed by atoms with Crippen molar-refractivity contribution in [2.24, 2.45) is 0 Å². The van der Waals surface area contributed by atoms with Gasteiger partial charge in [-0.25, -0.2) is 9.78 Å². The number of hydrogen-bond donors (Lipinski definition) is 0. The molecule has 5 nitrogen and oxygen atoms in total. The number of thiazole rings is 1. The van der Waals surface area contributed by atoms with E-state index in [9.17, 15) is 9.59 Å². The largest absolute Gasteiger partial charge is 0.463 e. The third kappa shape index (κ3) is 2.88. The van der Waals surface area contributed by atoms with Crippen LogP contribution in [0.2, 0.25) is 0 Å². The molecule has 0 aliphatic carbocycles. The Kier molecular flexibility index (Phi) is 3.79. The van der Waals surface area contributed by atoms with Crippen molar-refractivity contribution in [3.63, 3.8) is 0 Å². The molecule has 2 aromatic heterocycles. The van der Waals surface area contributed by atoms with Crippen molar-refractivity contribution in [1.29, 1.82) is 0 Å². The second-order valence-corrected chi connectivity index (χ2v) is 6.04. The molecule has 0 amide bonds. The predicted octanol–water partition coefficient (Wildman–Crippen LogP) is 2.27. The lowest BCUT2D eigenvalue weighted by atomic mass is 10.3. The third-order valence-corrected chi connectivity index (χ3v) is 4.70. The van der Waals surface area contributed by atoms with Crippen molar-refractivity contribution >= 4 is 34.6 Å². The molecule has 20 heavy (non-hydrogen) atoms. The van der Waals surface area contributed by atoms with Crippen molar-refractivity contribution in [2.45, 2.75) is 18.9 Å². The highest BCUT2D eigenvalue weighted by molar-refractivity contribution is 7.20. The van der Waals surface area contributed by atoms with Crippen LogP contribution < -0.4 is 0 Å². The van der Waals surface area contributed by atoms with Gasteiger partial charge >= 0.3 is 11.9 Å². The molecule has 1 saturated heterocycles. The van der Waals surface area contributed by atoms with E-state index in [0.717, 1.165) is 9.88 Å². The second-order valence-electron chi connectivity index (χ2n) is 4.23. The molecule has 0 spiro atoms. The molecule has 1 unspecified atom stereocenters. The molecule has 0 N–H and O–H groups in total. The lowest BCUT2D eigenvalue weighted by Gasteiger charge is -2.06. The molecule has 1 aliphatic heterocycles. The fourth-order valence-electron chi connectivity index (χ4n) is 1.83. The molecule has 1 fully saturated rings. The summed E-state index contributed by atoms with van der Waals surface area (Å²) in [6.07, 6.45) is -0.244. The van der Waals surface area contributed by atoms with E-state index in [2.05, 4.69) is 4.98 Å². The van der Waals surface area contributed by atoms with Crippen LogP contribution in [0.3, 0.4) is 0 Å². The summed E-state index contributed by atoms with van der Waals surface area (Å²) >= 11 is 3.10. The first-order valence-electron chi connectivity index (χ1n) is 6.07. The molecule has 7 heteroatoms. The molecule has 0 radical (unpaired) electrons. The van der Waals surface area contributed by atoms with Crippen LogP contribution in [-0.4, -0.2) is 29.6 Å². The highest BCUT2D eigenvalue weighted by Gasteiger charge is 2.30. The Morgan fingerprint density at radius 1 is 1.50 bits per heavy atom. The smallest absolute Gasteiger partial charge is 0.347 e. The summed E-state index contributed by atoms with van der Waals surface area (Å²) in [6, 6.07) is 3.95. The number of carbonyl (C=O) groups excluding carboxylic acids is 2. The number of nitrogens with zero attached hydrogens (tertiary/aromatic N) is 1. The highest BCUT2D eigenvalue weighted by Crippen LogP contribution is 2.28. The Morgan fingerprint density at radius 2 is 2.40 bits per heavy atom. The van der Waals surface area contributed by atoms with Gasteiger partial charge in [0.25, 0.3) is 0 Å². The van der Waals surface area contributed by atoms with E-state index in [-0.39, 0.29) is 6.42 Å². The SMILES string of the molecule is O=C(Cc1csc(-c2cccs2)n1)OC1CCOC1=O. The normalized spacial score (nSPS) is 18.0. The third-order valence-electron chi connectivity index (χ3n) is 2.77. The number of esters is 2. The van der Waals surface area contributed by atoms with Crippen LogP contribution >= 0.6 is 22.7 Å². The van der Waals surface area contributed by atoms with Gasteiger partial charge < -0.3 is 9.47 Å². The first kappa shape index (κ1) is 13.3. The summed E-state index contributed by atoms with van der Waals surface area (Å²) in [5.74, 6) is -0.909. The van der Waals surface area contributed by atoms with Gasteiger partial charge in [-0.1, -0.05) is 6.07 Å². The van der Waals surface area contributed by atoms with Crippen LogP contribution in [0.1, 0.15) is 12.1 Å². The van der Waals surface area contributed by atoms with Gasteiger partial charge in [0.2, 0.25) is 6.10 Å². The van der Waals surface area contributed by atoms with Crippen LogP contribution in [0.5, 0.6) is 0 Å². The summed E-state index contributed by atoms with van der Waals surface area (Å²) in [6.45, 7) is 0.315. The standard InChI is InChI=1S/C13H11NO4S2/c15-11(18-9-3-4-17-13(9)16)6-8-7-20-12(14-8)10-2-1-5-19-10/h1-2,5,7,9H,3-4,6H2. The van der Waals surface area contributed by atoms with Crippen LogP contribution in [0, 0.1) is 0 Å². The molecular weight excluding hydrogens is 298 g/mol. The number of ether oxygens (including phenoxy) is 2. The van der Waals surface area contributed by atoms with Gasteiger partial charge in [-0.3, -0.25) is 4.79 Å². The Balaban J connectivity index is 1.60. The van der Waals surface area contributed by atoms with E-state index in [1.165, 1.54) is 11.3 Å². The summed E-state index contributed by atoms with van der Waals surface area (Å²) < 4.78 is 9.82. The van der Waals surface area contributed by atoms with Crippen LogP contribution in [0.25, 0.3) is 9.88 Å². The number of cyclic esters (lactones) is 1. The number of rotatable bonds is 4. The van der Waals surface area contributed by atoms with E-state index >= 15 is 0 Å². The van der Waals surface area contributed by atoms with Crippen molar-refractivity contribution in [3.05, 3.63) is 28.6 Å². The second kappa shape index (κ2) is 5.72. The lowest BCUT2D eigenvalue weighted by Crippen LogP contribution is -2.23. The summed E-state index contributed by atoms with van der Waals surface area (Å²) in [4.78, 5) is 28.4. The maximum Gasteiger partial charge on any atom is 0.347 e. The Hall–Kier alpha value is -1.73. The Morgan fingerprint density at radius 3 is 3.10 bits per heavy atom. The van der Waals surface area contributed by atoms with E-state index in [0.29, 0.717) is 18.7 Å². The zero-order chi connectivity index (χ0) is 13.9. The summed E-state index contributed by atoms with van der Waals surface area (Å²) in [5.41, 5.74) is 0.662. The van der Waals surface area contributed by atoms with E-state index < -0.39 is 18.0 Å². The molecular formula is C13H11NO4S2. The fraction of sp³-hybridized carbons (Fsp3) is 0.308. The van der Waals surface area contributed by atoms with Gasteiger partial charge in [-0.2, -0.15) is 0 Å². The highest BCUT2D eigenvalue weighted by atomic mass is 32.1. The first-order chi connectivity index (χ1) is 9.72. The molecule has 1 atom stereocenters. The molecule has 0 aromatic carbocycles. The Labute approximate surface area is 123 Å². The number of carbonyl (C=O) groups is 2. The molecule has 3 heterocycles. The number of hydrogen-bond acceptors (Lipinski definition) is 7. The first-order valence-corrected chi connectivity index (χ1v) is 7.83. The zero-order valence-electron chi connectivity index (χ0n) is 10.4. The molecule has 0 saturated carbocycles. The van der Waals surface area contributed by atoms with Crippen molar-refractivity contribution in [3.8, 4) is 9.88 Å². The summed E-state index contributed by atoms with van der Waals surface area (Å²) in [5, 5.41) is 4.71. The van der Waals surface area contributed by atoms with Crippen molar-refractivity contribution < 1.29 is 19.1 Å². The van der Waals surface area contributed by atoms with Gasteiger partial charge in [0.05, 0.1) is 23.6 Å². The van der Waals surface area contributed by atoms with Gasteiger partial charge in [-0.05, 0) is 11.4 Å². The van der Waals surface area contributed by atoms with Crippen LogP contribution in [-0.2, 0) is 25.5 Å². The van der Waals surface area contributed by atoms with E-state index in [1.54, 1.807) is 11.3 Å². The minimum Gasteiger partial charge on any atom is -0.463 e. The minimum absolute atomic E-state index is 0.0751. The van der Waals surface area contributed by atoms with Crippen LogP contribution in [0.4, 0.5) is 0 Å². The molecule has 1 aliphatic rings. The number of thiophene rings is 1. The molecule has 104 valence electrons. The maximum absolute atomic E-state index is 11.7. The van der Waals surface area contributed by atoms with Crippen molar-refractivity contribution in [2.75, 3.05) is 6.61 Å². The monoisotopic (exact) mass is 309 g/mol. The van der Waals surface area contributed by atoms with Gasteiger partial charge in [0.15, 0.2) is 0 Å². The molecule has 2 aromatic rings. The van der Waals surface area contributed by atoms with Crippen molar-refractivity contribution in [1.82, 2.24) is 4.98 Å². The molecule has 0 bridgehead atoms. The number of aromatic nitrogens is 1. The van der Waals surface area contributed by atoms with Gasteiger partial charge in [0.1, 0.15) is 5.01 Å². The summed E-state index contributed by atoms with van der Waals surface area (Å²) in [7, 11) is 0. The molecule has 3 rings (SSSR count). The predicted molar refractivity (Wildman–Crippen MR) is 74.6 cm³/mol. The van der Waals surface area contributed by atoms with E-state index in [1.807, 2.05) is 22.9 Å². The minimum atomic E-state index is -0.752. The quantitative estimate of drug-likeness (QED) is 0.811. The fourth-order valence-corrected chi connectivity index (χ4v) is 3.47. The zero-order valence-corrected chi connectivity index (χ0v) is 12.0. The van der Waals surface area contributed by atoms with Crippen LogP contribution in [0.15, 0.2) is 22.9 Å². The van der Waals surface area contributed by atoms with Gasteiger partial charge in [0, 0.05) is 11.8 Å². The maximum atomic E-state index is 11.7. The van der Waals surface area contributed by atoms with E-state index in [4.69, 9.17) is 9.47 Å². The topological polar surface area (TPSA) is 65.5 Å². The average Bonchev–Trinajstić information content (AvgIpc) is 3.12. The van der Waals surface area contributed by atoms with Gasteiger partial charge in [-0.15, -0.1) is 22.7 Å².